The van der Waals surface area contributed by atoms with Crippen molar-refractivity contribution >= 4 is 0 Å². The van der Waals surface area contributed by atoms with Crippen molar-refractivity contribution in [2.45, 2.75) is 12.1 Å². The first kappa shape index (κ1) is 18.3. The molecule has 2 aromatic carbocycles. The van der Waals surface area contributed by atoms with Gasteiger partial charge in [0.25, 0.3) is 0 Å². The van der Waals surface area contributed by atoms with Crippen molar-refractivity contribution in [1.82, 2.24) is 30.2 Å². The van der Waals surface area contributed by atoms with Crippen molar-refractivity contribution in [1.29, 1.82) is 0 Å². The van der Waals surface area contributed by atoms with Gasteiger partial charge < -0.3 is 5.11 Å². The number of aromatic nitrogens is 6. The maximum absolute atomic E-state index is 14.2. The van der Waals surface area contributed by atoms with E-state index in [1.54, 1.807) is 24.5 Å². The van der Waals surface area contributed by atoms with Crippen LogP contribution >= 0.6 is 0 Å². The molecule has 0 amide bonds. The van der Waals surface area contributed by atoms with Gasteiger partial charge in [0.2, 0.25) is 0 Å². The first-order valence-corrected chi connectivity index (χ1v) is 7.95. The van der Waals surface area contributed by atoms with Gasteiger partial charge in [0.05, 0.1) is 18.9 Å². The molecule has 0 spiro atoms. The van der Waals surface area contributed by atoms with E-state index in [-0.39, 0.29) is 12.1 Å². The zero-order valence-corrected chi connectivity index (χ0v) is 14.1. The number of nitrogens with one attached hydrogen (secondary N) is 1. The van der Waals surface area contributed by atoms with Crippen LogP contribution in [0.3, 0.4) is 0 Å². The van der Waals surface area contributed by atoms with E-state index in [2.05, 4.69) is 25.5 Å². The predicted molar refractivity (Wildman–Crippen MR) is 92.2 cm³/mol. The largest absolute Gasteiger partial charge is 0.378 e. The normalized spacial score (nSPS) is 12.7. The monoisotopic (exact) mass is 370 g/mol. The molecule has 138 valence electrons. The van der Waals surface area contributed by atoms with Crippen molar-refractivity contribution in [3.8, 4) is 0 Å². The Kier molecular flexibility index (Phi) is 5.62. The number of rotatable bonds is 4. The molecule has 0 fully saturated rings. The summed E-state index contributed by atoms with van der Waals surface area (Å²) in [5.41, 5.74) is -1.22. The number of benzene rings is 2. The molecular formula is C18H16F2N6O. The second-order valence-corrected chi connectivity index (χ2v) is 5.60. The summed E-state index contributed by atoms with van der Waals surface area (Å²) in [6.07, 6.45) is 5.92. The first-order valence-electron chi connectivity index (χ1n) is 7.95. The summed E-state index contributed by atoms with van der Waals surface area (Å²) in [7, 11) is 0. The number of aliphatic hydroxyl groups is 1. The molecule has 0 saturated heterocycles. The fraction of sp³-hybridized carbons (Fsp3) is 0.111. The van der Waals surface area contributed by atoms with Crippen molar-refractivity contribution in [2.24, 2.45) is 0 Å². The Hall–Kier alpha value is -3.46. The van der Waals surface area contributed by atoms with E-state index in [0.717, 1.165) is 0 Å². The third kappa shape index (κ3) is 4.39. The van der Waals surface area contributed by atoms with Crippen LogP contribution in [0.15, 0.2) is 73.6 Å². The topological polar surface area (TPSA) is 92.5 Å². The van der Waals surface area contributed by atoms with Crippen LogP contribution in [0, 0.1) is 11.6 Å². The van der Waals surface area contributed by atoms with Gasteiger partial charge >= 0.3 is 0 Å². The van der Waals surface area contributed by atoms with Gasteiger partial charge in [0, 0.05) is 5.56 Å². The van der Waals surface area contributed by atoms with E-state index < -0.39 is 17.2 Å². The number of aromatic amines is 1. The molecule has 9 heteroatoms. The summed E-state index contributed by atoms with van der Waals surface area (Å²) >= 11 is 0. The molecule has 1 atom stereocenters. The van der Waals surface area contributed by atoms with Gasteiger partial charge in [0.15, 0.2) is 0 Å². The maximum Gasteiger partial charge on any atom is 0.137 e. The number of hydrogen-bond acceptors (Lipinski definition) is 5. The molecule has 1 unspecified atom stereocenters. The van der Waals surface area contributed by atoms with Crippen molar-refractivity contribution in [2.75, 3.05) is 0 Å². The third-order valence-electron chi connectivity index (χ3n) is 3.83. The molecule has 2 aromatic heterocycles. The van der Waals surface area contributed by atoms with Crippen LogP contribution in [0.4, 0.5) is 8.78 Å². The summed E-state index contributed by atoms with van der Waals surface area (Å²) in [5.74, 6) is -0.977. The highest BCUT2D eigenvalue weighted by molar-refractivity contribution is 5.36. The van der Waals surface area contributed by atoms with Crippen LogP contribution in [0.25, 0.3) is 0 Å². The molecule has 7 nitrogen and oxygen atoms in total. The van der Waals surface area contributed by atoms with Gasteiger partial charge in [0.1, 0.15) is 29.9 Å². The lowest BCUT2D eigenvalue weighted by molar-refractivity contribution is 0.0535. The second-order valence-electron chi connectivity index (χ2n) is 5.60. The highest BCUT2D eigenvalue weighted by Gasteiger charge is 2.35. The molecule has 0 bridgehead atoms. The summed E-state index contributed by atoms with van der Waals surface area (Å²) in [5, 5.41) is 24.4. The lowest BCUT2D eigenvalue weighted by atomic mass is 9.86. The smallest absolute Gasteiger partial charge is 0.137 e. The van der Waals surface area contributed by atoms with E-state index >= 15 is 0 Å². The van der Waals surface area contributed by atoms with Crippen LogP contribution in [-0.4, -0.2) is 35.3 Å². The summed E-state index contributed by atoms with van der Waals surface area (Å²) in [4.78, 5) is 3.82. The lowest BCUT2D eigenvalue weighted by Crippen LogP contribution is -2.34. The van der Waals surface area contributed by atoms with Gasteiger partial charge in [-0.1, -0.05) is 30.3 Å². The molecular weight excluding hydrogens is 354 g/mol. The predicted octanol–water partition coefficient (Wildman–Crippen LogP) is 2.30. The molecule has 0 radical (unpaired) electrons. The highest BCUT2D eigenvalue weighted by atomic mass is 19.1. The molecule has 0 aliphatic heterocycles. The standard InChI is InChI=1S/C16H13F2N3O.C2H3N3/c17-13-7-5-12(6-8-13)16(22,9-21-11-19-10-20-21)14-3-1-2-4-15(14)18;1-2-4-5-3-1/h1-8,10-11,22H,9H2;1-2H,(H,3,4,5). The van der Waals surface area contributed by atoms with E-state index in [4.69, 9.17) is 0 Å². The average Bonchev–Trinajstić information content (AvgIpc) is 3.39. The van der Waals surface area contributed by atoms with E-state index in [1.165, 1.54) is 53.7 Å². The second kappa shape index (κ2) is 8.28. The van der Waals surface area contributed by atoms with Gasteiger partial charge in [-0.25, -0.2) is 18.4 Å². The Balaban J connectivity index is 0.000000364. The lowest BCUT2D eigenvalue weighted by Gasteiger charge is -2.29. The average molecular weight is 370 g/mol. The zero-order valence-electron chi connectivity index (χ0n) is 14.1. The van der Waals surface area contributed by atoms with Crippen LogP contribution in [0.2, 0.25) is 0 Å². The van der Waals surface area contributed by atoms with Gasteiger partial charge in [-0.2, -0.15) is 20.5 Å². The molecule has 2 N–H and O–H groups in total. The van der Waals surface area contributed by atoms with E-state index in [1.807, 2.05) is 0 Å². The Morgan fingerprint density at radius 2 is 1.70 bits per heavy atom. The third-order valence-corrected chi connectivity index (χ3v) is 3.83. The summed E-state index contributed by atoms with van der Waals surface area (Å²) in [6.45, 7) is -0.0421. The van der Waals surface area contributed by atoms with Gasteiger partial charge in [-0.15, -0.1) is 0 Å². The molecule has 27 heavy (non-hydrogen) atoms. The molecule has 4 rings (SSSR count). The number of halogens is 2. The van der Waals surface area contributed by atoms with Crippen LogP contribution in [-0.2, 0) is 12.1 Å². The SMILES string of the molecule is OC(Cn1cncn1)(c1ccc(F)cc1)c1ccccc1F.c1cn[nH]n1. The van der Waals surface area contributed by atoms with Crippen LogP contribution in [0.5, 0.6) is 0 Å². The van der Waals surface area contributed by atoms with Crippen LogP contribution in [0.1, 0.15) is 11.1 Å². The molecule has 0 aliphatic carbocycles. The van der Waals surface area contributed by atoms with E-state index in [9.17, 15) is 13.9 Å². The first-order chi connectivity index (χ1) is 13.1. The highest BCUT2D eigenvalue weighted by Crippen LogP contribution is 2.33. The quantitative estimate of drug-likeness (QED) is 0.575. The van der Waals surface area contributed by atoms with Gasteiger partial charge in [-0.3, -0.25) is 0 Å². The number of nitrogens with zero attached hydrogens (tertiary/aromatic N) is 5. The molecule has 0 aliphatic rings. The maximum atomic E-state index is 14.2. The summed E-state index contributed by atoms with van der Waals surface area (Å²) in [6, 6.07) is 11.2. The minimum atomic E-state index is -1.69. The fourth-order valence-corrected chi connectivity index (χ4v) is 2.57. The Morgan fingerprint density at radius 1 is 1.00 bits per heavy atom. The molecule has 4 aromatic rings. The van der Waals surface area contributed by atoms with Crippen LogP contribution < -0.4 is 0 Å². The van der Waals surface area contributed by atoms with Crippen molar-refractivity contribution in [3.05, 3.63) is 96.3 Å². The van der Waals surface area contributed by atoms with Gasteiger partial charge in [-0.05, 0) is 23.8 Å². The number of hydrogen-bond donors (Lipinski definition) is 2. The van der Waals surface area contributed by atoms with Crippen molar-refractivity contribution < 1.29 is 13.9 Å². The zero-order chi connectivity index (χ0) is 19.1. The minimum Gasteiger partial charge on any atom is -0.378 e. The Bertz CT molecular complexity index is 927. The summed E-state index contributed by atoms with van der Waals surface area (Å²) < 4.78 is 28.7. The minimum absolute atomic E-state index is 0.0421. The molecule has 2 heterocycles. The number of H-pyrrole nitrogens is 1. The van der Waals surface area contributed by atoms with Crippen molar-refractivity contribution in [3.63, 3.8) is 0 Å². The molecule has 0 saturated carbocycles. The Labute approximate surface area is 153 Å². The Morgan fingerprint density at radius 3 is 2.26 bits per heavy atom. The van der Waals surface area contributed by atoms with E-state index in [0.29, 0.717) is 5.56 Å². The fourth-order valence-electron chi connectivity index (χ4n) is 2.57.